The highest BCUT2D eigenvalue weighted by molar-refractivity contribution is 5.37. The number of hydrogen-bond donors (Lipinski definition) is 1. The van der Waals surface area contributed by atoms with Crippen molar-refractivity contribution in [1.29, 1.82) is 0 Å². The number of nitrogens with one attached hydrogen (secondary N) is 1. The highest BCUT2D eigenvalue weighted by atomic mass is 14.9. The predicted molar refractivity (Wildman–Crippen MR) is 52.4 cm³/mol. The first-order valence-electron chi connectivity index (χ1n) is 4.24. The Morgan fingerprint density at radius 1 is 1.21 bits per heavy atom. The summed E-state index contributed by atoms with van der Waals surface area (Å²) in [7, 11) is 0. The molecular formula is C10H9N4. The molecule has 0 saturated heterocycles. The van der Waals surface area contributed by atoms with Crippen LogP contribution in [0.1, 0.15) is 5.56 Å². The van der Waals surface area contributed by atoms with Gasteiger partial charge in [0.15, 0.2) is 0 Å². The summed E-state index contributed by atoms with van der Waals surface area (Å²) in [6.45, 7) is 0.704. The van der Waals surface area contributed by atoms with Crippen LogP contribution in [-0.2, 0) is 6.54 Å². The second-order valence-electron chi connectivity index (χ2n) is 2.74. The van der Waals surface area contributed by atoms with Crippen LogP contribution < -0.4 is 5.32 Å². The molecule has 0 amide bonds. The lowest BCUT2D eigenvalue weighted by atomic mass is 10.3. The summed E-state index contributed by atoms with van der Waals surface area (Å²) in [5, 5.41) is 3.18. The quantitative estimate of drug-likeness (QED) is 0.782. The first-order valence-corrected chi connectivity index (χ1v) is 4.24. The van der Waals surface area contributed by atoms with E-state index >= 15 is 0 Å². The summed E-state index contributed by atoms with van der Waals surface area (Å²) in [5.74, 6) is 0. The summed E-state index contributed by atoms with van der Waals surface area (Å²) in [5.41, 5.74) is 1.96. The van der Waals surface area contributed by atoms with Gasteiger partial charge in [-0.1, -0.05) is 0 Å². The van der Waals surface area contributed by atoms with E-state index in [1.165, 1.54) is 6.33 Å². The predicted octanol–water partition coefficient (Wildman–Crippen LogP) is 1.28. The zero-order valence-electron chi connectivity index (χ0n) is 7.51. The molecule has 2 aromatic heterocycles. The third-order valence-electron chi connectivity index (χ3n) is 1.73. The summed E-state index contributed by atoms with van der Waals surface area (Å²) >= 11 is 0. The average molecular weight is 185 g/mol. The minimum atomic E-state index is 0.704. The number of hydrogen-bond acceptors (Lipinski definition) is 4. The largest absolute Gasteiger partial charge is 0.378 e. The zero-order valence-corrected chi connectivity index (χ0v) is 7.51. The summed E-state index contributed by atoms with van der Waals surface area (Å²) in [6.07, 6.45) is 8.36. The highest BCUT2D eigenvalue weighted by Gasteiger charge is 1.92. The molecule has 69 valence electrons. The molecule has 2 rings (SSSR count). The molecule has 4 heteroatoms. The molecule has 0 bridgehead atoms. The Morgan fingerprint density at radius 3 is 2.79 bits per heavy atom. The van der Waals surface area contributed by atoms with Crippen molar-refractivity contribution in [2.24, 2.45) is 0 Å². The summed E-state index contributed by atoms with van der Waals surface area (Å²) < 4.78 is 0. The van der Waals surface area contributed by atoms with E-state index in [-0.39, 0.29) is 0 Å². The maximum absolute atomic E-state index is 3.90. The SMILES string of the molecule is [c]1cnccc1CNc1cncnc1. The Hall–Kier alpha value is -1.97. The second-order valence-corrected chi connectivity index (χ2v) is 2.74. The molecule has 0 aliphatic carbocycles. The third-order valence-corrected chi connectivity index (χ3v) is 1.73. The summed E-state index contributed by atoms with van der Waals surface area (Å²) in [4.78, 5) is 11.7. The van der Waals surface area contributed by atoms with Gasteiger partial charge in [-0.05, 0) is 11.6 Å². The van der Waals surface area contributed by atoms with E-state index in [0.29, 0.717) is 6.54 Å². The van der Waals surface area contributed by atoms with Crippen LogP contribution in [0.2, 0.25) is 0 Å². The van der Waals surface area contributed by atoms with Gasteiger partial charge in [-0.25, -0.2) is 9.97 Å². The van der Waals surface area contributed by atoms with E-state index in [1.54, 1.807) is 24.8 Å². The topological polar surface area (TPSA) is 50.7 Å². The molecule has 2 aromatic rings. The molecule has 1 N–H and O–H groups in total. The van der Waals surface area contributed by atoms with Gasteiger partial charge in [-0.15, -0.1) is 0 Å². The lowest BCUT2D eigenvalue weighted by Gasteiger charge is -2.03. The van der Waals surface area contributed by atoms with Gasteiger partial charge < -0.3 is 5.32 Å². The van der Waals surface area contributed by atoms with E-state index in [0.717, 1.165) is 11.3 Å². The molecule has 0 spiro atoms. The van der Waals surface area contributed by atoms with Gasteiger partial charge in [0, 0.05) is 25.0 Å². The molecular weight excluding hydrogens is 176 g/mol. The van der Waals surface area contributed by atoms with Gasteiger partial charge in [0.25, 0.3) is 0 Å². The van der Waals surface area contributed by atoms with Crippen molar-refractivity contribution in [2.45, 2.75) is 6.54 Å². The van der Waals surface area contributed by atoms with Crippen LogP contribution in [0.3, 0.4) is 0 Å². The number of anilines is 1. The normalized spacial score (nSPS) is 9.71. The van der Waals surface area contributed by atoms with Crippen molar-refractivity contribution in [2.75, 3.05) is 5.32 Å². The van der Waals surface area contributed by atoms with Crippen LogP contribution in [0, 0.1) is 6.07 Å². The fourth-order valence-electron chi connectivity index (χ4n) is 1.04. The molecule has 0 aromatic carbocycles. The van der Waals surface area contributed by atoms with Gasteiger partial charge in [0.2, 0.25) is 0 Å². The smallest absolute Gasteiger partial charge is 0.115 e. The molecule has 0 saturated carbocycles. The standard InChI is InChI=1S/C10H9N4/c1-3-11-4-2-9(1)5-14-10-6-12-8-13-7-10/h1,3-4,6-8,14H,5H2. The fraction of sp³-hybridized carbons (Fsp3) is 0.100. The van der Waals surface area contributed by atoms with E-state index in [1.807, 2.05) is 6.07 Å². The number of aromatic nitrogens is 3. The van der Waals surface area contributed by atoms with Crippen molar-refractivity contribution in [1.82, 2.24) is 15.0 Å². The molecule has 14 heavy (non-hydrogen) atoms. The lowest BCUT2D eigenvalue weighted by molar-refractivity contribution is 1.09. The van der Waals surface area contributed by atoms with Crippen molar-refractivity contribution < 1.29 is 0 Å². The summed E-state index contributed by atoms with van der Waals surface area (Å²) in [6, 6.07) is 4.94. The minimum Gasteiger partial charge on any atom is -0.378 e. The Bertz CT molecular complexity index is 334. The van der Waals surface area contributed by atoms with Gasteiger partial charge >= 0.3 is 0 Å². The third kappa shape index (κ3) is 2.26. The van der Waals surface area contributed by atoms with E-state index < -0.39 is 0 Å². The Balaban J connectivity index is 1.96. The van der Waals surface area contributed by atoms with Crippen LogP contribution in [0.5, 0.6) is 0 Å². The van der Waals surface area contributed by atoms with Crippen molar-refractivity contribution >= 4 is 5.69 Å². The first kappa shape index (κ1) is 8.62. The van der Waals surface area contributed by atoms with E-state index in [4.69, 9.17) is 0 Å². The van der Waals surface area contributed by atoms with Gasteiger partial charge in [0.1, 0.15) is 6.33 Å². The molecule has 4 nitrogen and oxygen atoms in total. The Labute approximate surface area is 82.1 Å². The average Bonchev–Trinajstić information content (AvgIpc) is 2.29. The van der Waals surface area contributed by atoms with Gasteiger partial charge in [-0.3, -0.25) is 4.98 Å². The molecule has 2 heterocycles. The molecule has 0 aliphatic rings. The molecule has 0 fully saturated rings. The number of pyridine rings is 1. The number of rotatable bonds is 3. The molecule has 0 aliphatic heterocycles. The van der Waals surface area contributed by atoms with Crippen LogP contribution in [0.25, 0.3) is 0 Å². The van der Waals surface area contributed by atoms with E-state index in [9.17, 15) is 0 Å². The van der Waals surface area contributed by atoms with Crippen molar-refractivity contribution in [3.05, 3.63) is 48.8 Å². The minimum absolute atomic E-state index is 0.704. The fourth-order valence-corrected chi connectivity index (χ4v) is 1.04. The molecule has 0 atom stereocenters. The van der Waals surface area contributed by atoms with Crippen LogP contribution in [0.15, 0.2) is 37.2 Å². The molecule has 0 unspecified atom stereocenters. The van der Waals surface area contributed by atoms with Crippen molar-refractivity contribution in [3.63, 3.8) is 0 Å². The first-order chi connectivity index (χ1) is 6.95. The monoisotopic (exact) mass is 185 g/mol. The van der Waals surface area contributed by atoms with E-state index in [2.05, 4.69) is 26.3 Å². The van der Waals surface area contributed by atoms with Crippen LogP contribution >= 0.6 is 0 Å². The van der Waals surface area contributed by atoms with Gasteiger partial charge in [0.05, 0.1) is 18.1 Å². The maximum Gasteiger partial charge on any atom is 0.115 e. The second kappa shape index (κ2) is 4.32. The maximum atomic E-state index is 3.90. The van der Waals surface area contributed by atoms with Crippen LogP contribution in [0.4, 0.5) is 5.69 Å². The van der Waals surface area contributed by atoms with Crippen LogP contribution in [-0.4, -0.2) is 15.0 Å². The lowest BCUT2D eigenvalue weighted by Crippen LogP contribution is -2.00. The van der Waals surface area contributed by atoms with Crippen molar-refractivity contribution in [3.8, 4) is 0 Å². The highest BCUT2D eigenvalue weighted by Crippen LogP contribution is 2.03. The van der Waals surface area contributed by atoms with Gasteiger partial charge in [-0.2, -0.15) is 0 Å². The Morgan fingerprint density at radius 2 is 2.07 bits per heavy atom. The zero-order chi connectivity index (χ0) is 9.64. The number of nitrogens with zero attached hydrogens (tertiary/aromatic N) is 3. The Kier molecular flexibility index (Phi) is 2.66. The molecule has 1 radical (unpaired) electrons.